The number of hydrogen-bond donors (Lipinski definition) is 2. The lowest BCUT2D eigenvalue weighted by Crippen LogP contribution is -2.35. The van der Waals surface area contributed by atoms with Gasteiger partial charge in [-0.05, 0) is 72.1 Å². The third-order valence-electron chi connectivity index (χ3n) is 5.46. The maximum absolute atomic E-state index is 13.2. The number of methoxy groups -OCH3 is 1. The molecule has 2 amide bonds. The number of amides is 2. The van der Waals surface area contributed by atoms with E-state index in [1.54, 1.807) is 35.5 Å². The maximum atomic E-state index is 13.2. The molecule has 164 valence electrons. The Morgan fingerprint density at radius 1 is 1.06 bits per heavy atom. The highest BCUT2D eigenvalue weighted by atomic mass is 32.1. The van der Waals surface area contributed by atoms with Gasteiger partial charge in [-0.1, -0.05) is 18.2 Å². The molecule has 0 saturated carbocycles. The number of aromatic nitrogens is 1. The molecule has 2 aromatic carbocycles. The highest BCUT2D eigenvalue weighted by Gasteiger charge is 2.19. The summed E-state index contributed by atoms with van der Waals surface area (Å²) in [6.07, 6.45) is 0. The second-order valence-corrected chi connectivity index (χ2v) is 8.75. The fourth-order valence-electron chi connectivity index (χ4n) is 3.58. The molecule has 2 heterocycles. The van der Waals surface area contributed by atoms with Gasteiger partial charge in [-0.25, -0.2) is 4.79 Å². The third-order valence-corrected chi connectivity index (χ3v) is 6.32. The molecule has 4 aromatic rings. The van der Waals surface area contributed by atoms with Gasteiger partial charge in [-0.3, -0.25) is 4.79 Å². The summed E-state index contributed by atoms with van der Waals surface area (Å²) in [6.45, 7) is 4.63. The van der Waals surface area contributed by atoms with Crippen LogP contribution in [0.4, 0.5) is 10.5 Å². The van der Waals surface area contributed by atoms with Gasteiger partial charge in [0.2, 0.25) is 0 Å². The number of ether oxygens (including phenoxy) is 1. The van der Waals surface area contributed by atoms with Crippen LogP contribution in [0.3, 0.4) is 0 Å². The minimum absolute atomic E-state index is 0.178. The maximum Gasteiger partial charge on any atom is 0.322 e. The van der Waals surface area contributed by atoms with Crippen LogP contribution in [0, 0.1) is 13.8 Å². The molecule has 0 saturated heterocycles. The van der Waals surface area contributed by atoms with Crippen molar-refractivity contribution in [1.29, 1.82) is 0 Å². The zero-order chi connectivity index (χ0) is 22.7. The molecule has 0 aliphatic heterocycles. The number of aromatic amines is 1. The average molecular weight is 448 g/mol. The van der Waals surface area contributed by atoms with Crippen molar-refractivity contribution in [2.45, 2.75) is 26.9 Å². The largest absolute Gasteiger partial charge is 0.495 e. The molecule has 0 atom stereocenters. The van der Waals surface area contributed by atoms with E-state index in [1.807, 2.05) is 55.6 Å². The van der Waals surface area contributed by atoms with Gasteiger partial charge in [0.1, 0.15) is 5.75 Å². The monoisotopic (exact) mass is 447 g/mol. The minimum atomic E-state index is -0.303. The van der Waals surface area contributed by atoms with E-state index in [0.717, 1.165) is 26.9 Å². The van der Waals surface area contributed by atoms with Crippen LogP contribution >= 0.6 is 11.3 Å². The highest BCUT2D eigenvalue weighted by molar-refractivity contribution is 7.09. The van der Waals surface area contributed by atoms with Crippen LogP contribution in [0.15, 0.2) is 64.8 Å². The second kappa shape index (κ2) is 9.28. The normalized spacial score (nSPS) is 10.8. The van der Waals surface area contributed by atoms with Crippen molar-refractivity contribution in [1.82, 2.24) is 9.88 Å². The number of hydrogen-bond acceptors (Lipinski definition) is 4. The molecular formula is C25H25N3O3S. The van der Waals surface area contributed by atoms with Crippen LogP contribution in [0.2, 0.25) is 0 Å². The molecule has 4 rings (SSSR count). The van der Waals surface area contributed by atoms with E-state index in [9.17, 15) is 9.59 Å². The Morgan fingerprint density at radius 2 is 1.84 bits per heavy atom. The van der Waals surface area contributed by atoms with Crippen LogP contribution in [0.5, 0.6) is 5.75 Å². The molecule has 2 N–H and O–H groups in total. The molecule has 0 fully saturated rings. The van der Waals surface area contributed by atoms with Crippen LogP contribution in [0.1, 0.15) is 21.6 Å². The van der Waals surface area contributed by atoms with Crippen molar-refractivity contribution < 1.29 is 9.53 Å². The average Bonchev–Trinajstić information content (AvgIpc) is 3.29. The number of rotatable bonds is 6. The Morgan fingerprint density at radius 3 is 2.59 bits per heavy atom. The summed E-state index contributed by atoms with van der Waals surface area (Å²) in [5, 5.41) is 5.84. The van der Waals surface area contributed by atoms with E-state index in [2.05, 4.69) is 16.4 Å². The smallest absolute Gasteiger partial charge is 0.322 e. The van der Waals surface area contributed by atoms with Gasteiger partial charge in [-0.2, -0.15) is 0 Å². The van der Waals surface area contributed by atoms with Crippen molar-refractivity contribution in [2.24, 2.45) is 0 Å². The molecule has 32 heavy (non-hydrogen) atoms. The van der Waals surface area contributed by atoms with Gasteiger partial charge in [0, 0.05) is 16.0 Å². The lowest BCUT2D eigenvalue weighted by atomic mass is 10.0. The van der Waals surface area contributed by atoms with Crippen molar-refractivity contribution in [3.63, 3.8) is 0 Å². The Labute approximate surface area is 190 Å². The minimum Gasteiger partial charge on any atom is -0.495 e. The number of pyridine rings is 1. The Kier molecular flexibility index (Phi) is 6.28. The molecule has 0 bridgehead atoms. The lowest BCUT2D eigenvalue weighted by molar-refractivity contribution is 0.206. The van der Waals surface area contributed by atoms with Gasteiger partial charge in [0.25, 0.3) is 5.56 Å². The van der Waals surface area contributed by atoms with E-state index >= 15 is 0 Å². The number of carbonyl (C=O) groups excluding carboxylic acids is 1. The molecule has 0 aliphatic rings. The molecule has 6 nitrogen and oxygen atoms in total. The number of urea groups is 1. The lowest BCUT2D eigenvalue weighted by Gasteiger charge is -2.23. The van der Waals surface area contributed by atoms with Crippen LogP contribution in [-0.2, 0) is 13.1 Å². The molecule has 2 aromatic heterocycles. The molecule has 0 spiro atoms. The first-order valence-corrected chi connectivity index (χ1v) is 11.2. The number of anilines is 1. The topological polar surface area (TPSA) is 74.4 Å². The third kappa shape index (κ3) is 4.68. The number of benzene rings is 2. The highest BCUT2D eigenvalue weighted by Crippen LogP contribution is 2.24. The molecule has 7 heteroatoms. The molecule has 0 aliphatic carbocycles. The van der Waals surface area contributed by atoms with Crippen molar-refractivity contribution >= 4 is 34.0 Å². The summed E-state index contributed by atoms with van der Waals surface area (Å²) in [7, 11) is 1.56. The summed E-state index contributed by atoms with van der Waals surface area (Å²) in [5.74, 6) is 0.575. The van der Waals surface area contributed by atoms with E-state index in [0.29, 0.717) is 23.5 Å². The summed E-state index contributed by atoms with van der Waals surface area (Å²) in [6, 6.07) is 16.8. The molecule has 0 radical (unpaired) electrons. The summed E-state index contributed by atoms with van der Waals surface area (Å²) in [4.78, 5) is 31.7. The fourth-order valence-corrected chi connectivity index (χ4v) is 4.30. The number of H-pyrrole nitrogens is 1. The first-order valence-electron chi connectivity index (χ1n) is 10.3. The van der Waals surface area contributed by atoms with Gasteiger partial charge in [-0.15, -0.1) is 11.3 Å². The first-order chi connectivity index (χ1) is 15.4. The van der Waals surface area contributed by atoms with Crippen LogP contribution < -0.4 is 15.6 Å². The Balaban J connectivity index is 1.66. The van der Waals surface area contributed by atoms with E-state index in [1.165, 1.54) is 0 Å². The van der Waals surface area contributed by atoms with Gasteiger partial charge in [0.05, 0.1) is 25.9 Å². The molecular weight excluding hydrogens is 422 g/mol. The quantitative estimate of drug-likeness (QED) is 0.413. The number of nitrogens with zero attached hydrogens (tertiary/aromatic N) is 1. The van der Waals surface area contributed by atoms with Crippen molar-refractivity contribution in [3.8, 4) is 5.75 Å². The van der Waals surface area contributed by atoms with E-state index in [-0.39, 0.29) is 18.1 Å². The number of aryl methyl sites for hydroxylation is 2. The number of nitrogens with one attached hydrogen (secondary N) is 2. The fraction of sp³-hybridized carbons (Fsp3) is 0.200. The zero-order valence-electron chi connectivity index (χ0n) is 18.3. The van der Waals surface area contributed by atoms with Crippen molar-refractivity contribution in [2.75, 3.05) is 12.4 Å². The standard InChI is InChI=1S/C25H25N3O3S/c1-16-11-18-13-19(24(29)26-22(18)12-17(16)2)14-28(15-20-7-6-10-32-20)25(30)27-21-8-4-5-9-23(21)31-3/h4-13H,14-15H2,1-3H3,(H,26,29)(H,27,30). The molecule has 0 unspecified atom stereocenters. The Hall–Kier alpha value is -3.58. The van der Waals surface area contributed by atoms with Gasteiger partial charge < -0.3 is 19.9 Å². The van der Waals surface area contributed by atoms with Crippen LogP contribution in [0.25, 0.3) is 10.9 Å². The predicted molar refractivity (Wildman–Crippen MR) is 130 cm³/mol. The van der Waals surface area contributed by atoms with E-state index in [4.69, 9.17) is 4.74 Å². The number of fused-ring (bicyclic) bond motifs is 1. The number of carbonyl (C=O) groups is 1. The summed E-state index contributed by atoms with van der Waals surface area (Å²) < 4.78 is 5.35. The van der Waals surface area contributed by atoms with E-state index < -0.39 is 0 Å². The first kappa shape index (κ1) is 21.6. The number of thiophene rings is 1. The van der Waals surface area contributed by atoms with Gasteiger partial charge >= 0.3 is 6.03 Å². The van der Waals surface area contributed by atoms with Crippen molar-refractivity contribution in [3.05, 3.63) is 91.9 Å². The number of para-hydroxylation sites is 2. The Bertz CT molecular complexity index is 1310. The zero-order valence-corrected chi connectivity index (χ0v) is 19.1. The van der Waals surface area contributed by atoms with Gasteiger partial charge in [0.15, 0.2) is 0 Å². The summed E-state index contributed by atoms with van der Waals surface area (Å²) >= 11 is 1.57. The predicted octanol–water partition coefficient (Wildman–Crippen LogP) is 5.45. The SMILES string of the molecule is COc1ccccc1NC(=O)N(Cc1cccs1)Cc1cc2cc(C)c(C)cc2[nH]c1=O. The summed E-state index contributed by atoms with van der Waals surface area (Å²) in [5.41, 5.74) is 3.99. The van der Waals surface area contributed by atoms with Crippen LogP contribution in [-0.4, -0.2) is 23.0 Å². The second-order valence-electron chi connectivity index (χ2n) is 7.71.